The fourth-order valence-corrected chi connectivity index (χ4v) is 4.32. The van der Waals surface area contributed by atoms with Gasteiger partial charge in [-0.05, 0) is 45.1 Å². The molecule has 19 heavy (non-hydrogen) atoms. The Labute approximate surface area is 117 Å². The lowest BCUT2D eigenvalue weighted by molar-refractivity contribution is -0.0541. The van der Waals surface area contributed by atoms with Crippen LogP contribution in [0.5, 0.6) is 0 Å². The van der Waals surface area contributed by atoms with Gasteiger partial charge in [0, 0.05) is 18.6 Å². The highest BCUT2D eigenvalue weighted by Gasteiger charge is 2.45. The van der Waals surface area contributed by atoms with Crippen molar-refractivity contribution in [2.75, 3.05) is 26.3 Å². The molecule has 2 saturated heterocycles. The molecule has 3 nitrogen and oxygen atoms in total. The van der Waals surface area contributed by atoms with E-state index in [4.69, 9.17) is 9.47 Å². The van der Waals surface area contributed by atoms with Crippen molar-refractivity contribution in [3.05, 3.63) is 0 Å². The lowest BCUT2D eigenvalue weighted by Crippen LogP contribution is -2.38. The van der Waals surface area contributed by atoms with Crippen LogP contribution in [0.4, 0.5) is 0 Å². The molecule has 2 atom stereocenters. The smallest absolute Gasteiger partial charge is 0.0687 e. The van der Waals surface area contributed by atoms with Gasteiger partial charge in [0.1, 0.15) is 0 Å². The van der Waals surface area contributed by atoms with Crippen LogP contribution in [-0.2, 0) is 9.47 Å². The van der Waals surface area contributed by atoms with Crippen LogP contribution in [0.3, 0.4) is 0 Å². The molecule has 2 aliphatic heterocycles. The van der Waals surface area contributed by atoms with E-state index in [-0.39, 0.29) is 5.60 Å². The molecule has 0 radical (unpaired) electrons. The minimum absolute atomic E-state index is 0.281. The van der Waals surface area contributed by atoms with Gasteiger partial charge in [0.25, 0.3) is 0 Å². The predicted octanol–water partition coefficient (Wildman–Crippen LogP) is 2.88. The Morgan fingerprint density at radius 2 is 2.00 bits per heavy atom. The second-order valence-electron chi connectivity index (χ2n) is 6.96. The van der Waals surface area contributed by atoms with E-state index in [2.05, 4.69) is 12.2 Å². The van der Waals surface area contributed by atoms with Gasteiger partial charge in [-0.1, -0.05) is 19.8 Å². The van der Waals surface area contributed by atoms with Gasteiger partial charge in [0.15, 0.2) is 0 Å². The molecule has 1 aliphatic carbocycles. The zero-order chi connectivity index (χ0) is 13.2. The van der Waals surface area contributed by atoms with Crippen molar-refractivity contribution in [2.45, 2.75) is 70.0 Å². The molecular weight excluding hydrogens is 238 g/mol. The standard InChI is InChI=1S/C16H29NO2/c1-2-17-12-15(9-10-18-13-15)11-14-5-8-16(19-14)6-3-4-7-16/h14,17H,2-13H2,1H3. The number of hydrogen-bond donors (Lipinski definition) is 1. The van der Waals surface area contributed by atoms with Crippen molar-refractivity contribution in [3.8, 4) is 0 Å². The summed E-state index contributed by atoms with van der Waals surface area (Å²) in [5.74, 6) is 0. The molecule has 0 aromatic heterocycles. The summed E-state index contributed by atoms with van der Waals surface area (Å²) in [6.07, 6.45) is 10.8. The van der Waals surface area contributed by atoms with Gasteiger partial charge in [-0.25, -0.2) is 0 Å². The van der Waals surface area contributed by atoms with Crippen LogP contribution in [-0.4, -0.2) is 38.0 Å². The molecule has 3 rings (SSSR count). The van der Waals surface area contributed by atoms with E-state index in [0.29, 0.717) is 11.5 Å². The van der Waals surface area contributed by atoms with E-state index < -0.39 is 0 Å². The molecular formula is C16H29NO2. The first-order valence-corrected chi connectivity index (χ1v) is 8.22. The van der Waals surface area contributed by atoms with Gasteiger partial charge < -0.3 is 14.8 Å². The average Bonchev–Trinajstić information content (AvgIpc) is 3.12. The first-order chi connectivity index (χ1) is 9.26. The highest BCUT2D eigenvalue weighted by Crippen LogP contribution is 2.46. The Balaban J connectivity index is 1.57. The number of ether oxygens (including phenoxy) is 2. The largest absolute Gasteiger partial charge is 0.381 e. The van der Waals surface area contributed by atoms with E-state index in [1.165, 1.54) is 51.4 Å². The van der Waals surface area contributed by atoms with Gasteiger partial charge in [-0.3, -0.25) is 0 Å². The van der Waals surface area contributed by atoms with E-state index in [0.717, 1.165) is 26.3 Å². The van der Waals surface area contributed by atoms with Crippen LogP contribution in [0, 0.1) is 5.41 Å². The number of rotatable bonds is 5. The summed E-state index contributed by atoms with van der Waals surface area (Å²) in [5.41, 5.74) is 0.619. The molecule has 1 saturated carbocycles. The van der Waals surface area contributed by atoms with Crippen molar-refractivity contribution in [1.82, 2.24) is 5.32 Å². The van der Waals surface area contributed by atoms with Crippen LogP contribution in [0.25, 0.3) is 0 Å². The molecule has 2 heterocycles. The lowest BCUT2D eigenvalue weighted by atomic mass is 9.81. The second-order valence-corrected chi connectivity index (χ2v) is 6.96. The third-order valence-corrected chi connectivity index (χ3v) is 5.45. The Hall–Kier alpha value is -0.120. The fourth-order valence-electron chi connectivity index (χ4n) is 4.32. The molecule has 3 fully saturated rings. The van der Waals surface area contributed by atoms with Crippen molar-refractivity contribution in [2.24, 2.45) is 5.41 Å². The second kappa shape index (κ2) is 5.71. The normalized spacial score (nSPS) is 37.4. The van der Waals surface area contributed by atoms with Crippen molar-refractivity contribution >= 4 is 0 Å². The summed E-state index contributed by atoms with van der Waals surface area (Å²) in [6, 6.07) is 0. The quantitative estimate of drug-likeness (QED) is 0.831. The summed E-state index contributed by atoms with van der Waals surface area (Å²) < 4.78 is 12.2. The highest BCUT2D eigenvalue weighted by atomic mass is 16.5. The van der Waals surface area contributed by atoms with Crippen molar-refractivity contribution < 1.29 is 9.47 Å². The molecule has 0 bridgehead atoms. The monoisotopic (exact) mass is 267 g/mol. The Morgan fingerprint density at radius 3 is 2.68 bits per heavy atom. The van der Waals surface area contributed by atoms with Crippen LogP contribution in [0.1, 0.15) is 58.3 Å². The predicted molar refractivity (Wildman–Crippen MR) is 76.3 cm³/mol. The number of hydrogen-bond acceptors (Lipinski definition) is 3. The Morgan fingerprint density at radius 1 is 1.16 bits per heavy atom. The average molecular weight is 267 g/mol. The SMILES string of the molecule is CCNCC1(CC2CCC3(CCCC3)O2)CCOC1. The zero-order valence-electron chi connectivity index (χ0n) is 12.4. The molecule has 2 unspecified atom stereocenters. The summed E-state index contributed by atoms with van der Waals surface area (Å²) in [5, 5.41) is 3.53. The fraction of sp³-hybridized carbons (Fsp3) is 1.00. The molecule has 110 valence electrons. The van der Waals surface area contributed by atoms with E-state index >= 15 is 0 Å². The van der Waals surface area contributed by atoms with E-state index in [1.54, 1.807) is 0 Å². The minimum atomic E-state index is 0.281. The summed E-state index contributed by atoms with van der Waals surface area (Å²) in [4.78, 5) is 0. The summed E-state index contributed by atoms with van der Waals surface area (Å²) in [6.45, 7) is 6.19. The maximum atomic E-state index is 6.49. The third-order valence-electron chi connectivity index (χ3n) is 5.45. The van der Waals surface area contributed by atoms with Crippen molar-refractivity contribution in [3.63, 3.8) is 0 Å². The molecule has 0 aromatic rings. The number of nitrogens with one attached hydrogen (secondary N) is 1. The first-order valence-electron chi connectivity index (χ1n) is 8.22. The topological polar surface area (TPSA) is 30.5 Å². The lowest BCUT2D eigenvalue weighted by Gasteiger charge is -2.32. The first kappa shape index (κ1) is 13.8. The highest BCUT2D eigenvalue weighted by molar-refractivity contribution is 4.96. The maximum Gasteiger partial charge on any atom is 0.0687 e. The summed E-state index contributed by atoms with van der Waals surface area (Å²) >= 11 is 0. The molecule has 1 N–H and O–H groups in total. The minimum Gasteiger partial charge on any atom is -0.381 e. The maximum absolute atomic E-state index is 6.49. The van der Waals surface area contributed by atoms with Crippen LogP contribution in [0.15, 0.2) is 0 Å². The summed E-state index contributed by atoms with van der Waals surface area (Å²) in [7, 11) is 0. The molecule has 0 aromatic carbocycles. The van der Waals surface area contributed by atoms with Gasteiger partial charge in [-0.15, -0.1) is 0 Å². The van der Waals surface area contributed by atoms with Crippen LogP contribution < -0.4 is 5.32 Å². The van der Waals surface area contributed by atoms with Crippen LogP contribution in [0.2, 0.25) is 0 Å². The van der Waals surface area contributed by atoms with Crippen molar-refractivity contribution in [1.29, 1.82) is 0 Å². The van der Waals surface area contributed by atoms with Gasteiger partial charge in [-0.2, -0.15) is 0 Å². The Bertz CT molecular complexity index is 293. The van der Waals surface area contributed by atoms with E-state index in [9.17, 15) is 0 Å². The Kier molecular flexibility index (Phi) is 4.16. The zero-order valence-corrected chi connectivity index (χ0v) is 12.4. The van der Waals surface area contributed by atoms with Gasteiger partial charge in [0.05, 0.1) is 18.3 Å². The molecule has 3 aliphatic rings. The molecule has 1 spiro atoms. The van der Waals surface area contributed by atoms with E-state index in [1.807, 2.05) is 0 Å². The van der Waals surface area contributed by atoms with Crippen LogP contribution >= 0.6 is 0 Å². The third kappa shape index (κ3) is 2.98. The van der Waals surface area contributed by atoms with Gasteiger partial charge in [0.2, 0.25) is 0 Å². The molecule has 3 heteroatoms. The molecule has 0 amide bonds. The van der Waals surface area contributed by atoms with Gasteiger partial charge >= 0.3 is 0 Å².